The van der Waals surface area contributed by atoms with Gasteiger partial charge >= 0.3 is 5.97 Å². The third kappa shape index (κ3) is 10.4. The van der Waals surface area contributed by atoms with E-state index in [9.17, 15) is 9.90 Å². The van der Waals surface area contributed by atoms with E-state index in [-0.39, 0.29) is 35.9 Å². The van der Waals surface area contributed by atoms with Gasteiger partial charge in [-0.05, 0) is 93.7 Å². The van der Waals surface area contributed by atoms with Gasteiger partial charge in [0.25, 0.3) is 0 Å². The number of hydrogen-bond acceptors (Lipinski definition) is 5. The van der Waals surface area contributed by atoms with E-state index in [0.29, 0.717) is 24.4 Å². The van der Waals surface area contributed by atoms with Gasteiger partial charge in [-0.15, -0.1) is 0 Å². The van der Waals surface area contributed by atoms with Crippen molar-refractivity contribution in [1.82, 2.24) is 0 Å². The standard InChI is InChI=1S/C32H60O6Si/c1-32(2,3)39(4,5)38-28(24-15-9-8-10-16-24)21-20-26-25(17-11-6-7-12-18-30(34)35)27(33)23-29(26)37-31-19-13-14-22-36-31/h24-29,31,33H,6-23H2,1-5H3,(H,34,35)/t25-,26-,27+,28?,29?,31?/m1/s1. The second kappa shape index (κ2) is 15.7. The topological polar surface area (TPSA) is 85.2 Å². The first-order valence-corrected chi connectivity index (χ1v) is 19.2. The van der Waals surface area contributed by atoms with Crippen LogP contribution >= 0.6 is 0 Å². The number of ether oxygens (including phenoxy) is 2. The molecule has 0 aromatic rings. The number of unbranched alkanes of at least 4 members (excludes halogenated alkanes) is 3. The Labute approximate surface area is 240 Å². The number of hydrogen-bond donors (Lipinski definition) is 2. The van der Waals surface area contributed by atoms with Gasteiger partial charge in [0.15, 0.2) is 14.6 Å². The molecule has 2 saturated carbocycles. The van der Waals surface area contributed by atoms with Crippen LogP contribution in [0, 0.1) is 17.8 Å². The minimum absolute atomic E-state index is 0.0417. The average Bonchev–Trinajstić information content (AvgIpc) is 3.17. The van der Waals surface area contributed by atoms with Crippen LogP contribution in [0.25, 0.3) is 0 Å². The van der Waals surface area contributed by atoms with Crippen molar-refractivity contribution in [1.29, 1.82) is 0 Å². The van der Waals surface area contributed by atoms with E-state index < -0.39 is 14.3 Å². The molecule has 3 aliphatic rings. The molecule has 39 heavy (non-hydrogen) atoms. The third-order valence-electron chi connectivity index (χ3n) is 10.4. The fourth-order valence-corrected chi connectivity index (χ4v) is 8.36. The molecule has 3 unspecified atom stereocenters. The normalized spacial score (nSPS) is 29.9. The second-order valence-electron chi connectivity index (χ2n) is 14.3. The van der Waals surface area contributed by atoms with E-state index in [0.717, 1.165) is 70.8 Å². The molecule has 1 saturated heterocycles. The Kier molecular flexibility index (Phi) is 13.3. The van der Waals surface area contributed by atoms with Crippen LogP contribution in [0.15, 0.2) is 0 Å². The Balaban J connectivity index is 1.68. The van der Waals surface area contributed by atoms with Gasteiger partial charge in [-0.1, -0.05) is 59.3 Å². The second-order valence-corrected chi connectivity index (χ2v) is 19.1. The zero-order valence-electron chi connectivity index (χ0n) is 25.8. The first-order valence-electron chi connectivity index (χ1n) is 16.3. The number of carboxylic acids is 1. The summed E-state index contributed by atoms with van der Waals surface area (Å²) < 4.78 is 19.7. The Bertz CT molecular complexity index is 710. The van der Waals surface area contributed by atoms with E-state index >= 15 is 0 Å². The van der Waals surface area contributed by atoms with Crippen molar-refractivity contribution >= 4 is 14.3 Å². The zero-order valence-corrected chi connectivity index (χ0v) is 26.8. The van der Waals surface area contributed by atoms with Gasteiger partial charge in [0.05, 0.1) is 12.2 Å². The van der Waals surface area contributed by atoms with Gasteiger partial charge in [0, 0.05) is 25.6 Å². The Morgan fingerprint density at radius 1 is 0.949 bits per heavy atom. The van der Waals surface area contributed by atoms with Gasteiger partial charge in [-0.25, -0.2) is 0 Å². The summed E-state index contributed by atoms with van der Waals surface area (Å²) in [6.45, 7) is 12.6. The highest BCUT2D eigenvalue weighted by molar-refractivity contribution is 6.74. The number of aliphatic hydroxyl groups is 1. The smallest absolute Gasteiger partial charge is 0.303 e. The molecule has 0 spiro atoms. The summed E-state index contributed by atoms with van der Waals surface area (Å²) in [6.07, 6.45) is 17.4. The van der Waals surface area contributed by atoms with Gasteiger partial charge in [0.1, 0.15) is 0 Å². The van der Waals surface area contributed by atoms with Crippen LogP contribution in [0.5, 0.6) is 0 Å². The zero-order chi connectivity index (χ0) is 28.5. The number of rotatable bonds is 15. The lowest BCUT2D eigenvalue weighted by Gasteiger charge is -2.43. The lowest BCUT2D eigenvalue weighted by Crippen LogP contribution is -2.46. The number of aliphatic hydroxyl groups excluding tert-OH is 1. The fraction of sp³-hybridized carbons (Fsp3) is 0.969. The Hall–Kier alpha value is -0.473. The quantitative estimate of drug-likeness (QED) is 0.153. The molecule has 1 heterocycles. The van der Waals surface area contributed by atoms with Crippen LogP contribution in [-0.2, 0) is 18.7 Å². The van der Waals surface area contributed by atoms with Crippen molar-refractivity contribution < 1.29 is 28.9 Å². The fourth-order valence-electron chi connectivity index (χ4n) is 6.94. The number of aliphatic carboxylic acids is 1. The van der Waals surface area contributed by atoms with Gasteiger partial charge < -0.3 is 24.1 Å². The summed E-state index contributed by atoms with van der Waals surface area (Å²) in [4.78, 5) is 10.8. The molecule has 0 bridgehead atoms. The maximum absolute atomic E-state index is 11.2. The molecule has 0 aromatic carbocycles. The molecule has 7 heteroatoms. The molecule has 2 aliphatic carbocycles. The summed E-state index contributed by atoms with van der Waals surface area (Å²) in [5, 5.41) is 20.3. The van der Waals surface area contributed by atoms with Crippen molar-refractivity contribution in [2.45, 2.75) is 173 Å². The lowest BCUT2D eigenvalue weighted by atomic mass is 9.80. The molecule has 3 rings (SSSR count). The molecule has 0 aromatic heterocycles. The first kappa shape index (κ1) is 33.0. The Morgan fingerprint density at radius 3 is 2.28 bits per heavy atom. The van der Waals surface area contributed by atoms with Crippen LogP contribution in [-0.4, -0.2) is 55.7 Å². The van der Waals surface area contributed by atoms with Crippen molar-refractivity contribution in [3.05, 3.63) is 0 Å². The van der Waals surface area contributed by atoms with Crippen molar-refractivity contribution in [2.75, 3.05) is 6.61 Å². The van der Waals surface area contributed by atoms with Crippen molar-refractivity contribution in [3.8, 4) is 0 Å². The largest absolute Gasteiger partial charge is 0.481 e. The van der Waals surface area contributed by atoms with Crippen LogP contribution in [0.4, 0.5) is 0 Å². The predicted molar refractivity (Wildman–Crippen MR) is 159 cm³/mol. The SMILES string of the molecule is CC(C)(C)[Si](C)(C)OC(CC[C@H]1C(OC2CCCCO2)C[C@H](O)[C@@H]1CCCCCCC(=O)O)C1CCCCC1. The van der Waals surface area contributed by atoms with Crippen LogP contribution in [0.2, 0.25) is 18.1 Å². The molecule has 3 fully saturated rings. The van der Waals surface area contributed by atoms with E-state index in [1.807, 2.05) is 0 Å². The summed E-state index contributed by atoms with van der Waals surface area (Å²) in [6, 6.07) is 0. The lowest BCUT2D eigenvalue weighted by molar-refractivity contribution is -0.196. The van der Waals surface area contributed by atoms with Crippen LogP contribution in [0.3, 0.4) is 0 Å². The highest BCUT2D eigenvalue weighted by Crippen LogP contribution is 2.45. The van der Waals surface area contributed by atoms with Gasteiger partial charge in [-0.2, -0.15) is 0 Å². The van der Waals surface area contributed by atoms with Crippen LogP contribution < -0.4 is 0 Å². The number of carbonyl (C=O) groups is 1. The van der Waals surface area contributed by atoms with Gasteiger partial charge in [0.2, 0.25) is 0 Å². The monoisotopic (exact) mass is 568 g/mol. The highest BCUT2D eigenvalue weighted by atomic mass is 28.4. The molecule has 2 N–H and O–H groups in total. The summed E-state index contributed by atoms with van der Waals surface area (Å²) >= 11 is 0. The maximum atomic E-state index is 11.2. The summed E-state index contributed by atoms with van der Waals surface area (Å²) in [5.41, 5.74) is 0. The first-order chi connectivity index (χ1) is 18.5. The van der Waals surface area contributed by atoms with Gasteiger partial charge in [-0.3, -0.25) is 4.79 Å². The summed E-state index contributed by atoms with van der Waals surface area (Å²) in [7, 11) is -1.90. The summed E-state index contributed by atoms with van der Waals surface area (Å²) in [5.74, 6) is 0.489. The molecule has 0 amide bonds. The molecule has 1 aliphatic heterocycles. The molecular formula is C32H60O6Si. The van der Waals surface area contributed by atoms with Crippen molar-refractivity contribution in [3.63, 3.8) is 0 Å². The third-order valence-corrected chi connectivity index (χ3v) is 14.9. The minimum Gasteiger partial charge on any atom is -0.481 e. The van der Waals surface area contributed by atoms with Crippen LogP contribution in [0.1, 0.15) is 130 Å². The molecule has 0 radical (unpaired) electrons. The van der Waals surface area contributed by atoms with E-state index in [2.05, 4.69) is 33.9 Å². The van der Waals surface area contributed by atoms with Crippen molar-refractivity contribution in [2.24, 2.45) is 17.8 Å². The molecule has 6 nitrogen and oxygen atoms in total. The van der Waals surface area contributed by atoms with E-state index in [4.69, 9.17) is 19.0 Å². The molecule has 6 atom stereocenters. The average molecular weight is 569 g/mol. The molecular weight excluding hydrogens is 508 g/mol. The molecule has 228 valence electrons. The number of carboxylic acid groups (broad SMARTS) is 1. The highest BCUT2D eigenvalue weighted by Gasteiger charge is 2.45. The van der Waals surface area contributed by atoms with E-state index in [1.54, 1.807) is 0 Å². The Morgan fingerprint density at radius 2 is 1.64 bits per heavy atom. The predicted octanol–water partition coefficient (Wildman–Crippen LogP) is 8.07. The minimum atomic E-state index is -1.90. The van der Waals surface area contributed by atoms with E-state index in [1.165, 1.54) is 32.1 Å². The maximum Gasteiger partial charge on any atom is 0.303 e.